The Morgan fingerprint density at radius 3 is 2.47 bits per heavy atom. The first kappa shape index (κ1) is 26.1. The SMILES string of the molecule is CCOC(=O)C1=C(C)N=c2s/c(=C3/C(=O)N(CC)c4ccc(Br)cc43)c(=O)n2[C@H]1c1ccc(N(C)C)cc1. The average Bonchev–Trinajstić information content (AvgIpc) is 3.34. The van der Waals surface area contributed by atoms with Crippen LogP contribution in [0.1, 0.15) is 37.9 Å². The summed E-state index contributed by atoms with van der Waals surface area (Å²) in [5.74, 6) is -0.740. The van der Waals surface area contributed by atoms with E-state index in [2.05, 4.69) is 20.9 Å². The summed E-state index contributed by atoms with van der Waals surface area (Å²) >= 11 is 4.67. The molecule has 0 aliphatic carbocycles. The molecule has 0 saturated heterocycles. The highest BCUT2D eigenvalue weighted by molar-refractivity contribution is 9.10. The second-order valence-electron chi connectivity index (χ2n) is 9.19. The van der Waals surface area contributed by atoms with Crippen molar-refractivity contribution in [3.05, 3.63) is 89.0 Å². The minimum atomic E-state index is -0.739. The molecule has 8 nitrogen and oxygen atoms in total. The highest BCUT2D eigenvalue weighted by atomic mass is 79.9. The molecule has 5 rings (SSSR count). The summed E-state index contributed by atoms with van der Waals surface area (Å²) < 4.78 is 8.02. The molecule has 0 unspecified atom stereocenters. The number of esters is 1. The minimum Gasteiger partial charge on any atom is -0.463 e. The van der Waals surface area contributed by atoms with Crippen LogP contribution in [0.4, 0.5) is 11.4 Å². The molecule has 38 heavy (non-hydrogen) atoms. The van der Waals surface area contributed by atoms with Crippen molar-refractivity contribution in [2.45, 2.75) is 26.8 Å². The van der Waals surface area contributed by atoms with E-state index in [4.69, 9.17) is 4.74 Å². The third-order valence-electron chi connectivity index (χ3n) is 6.74. The number of ether oxygens (including phenoxy) is 1. The van der Waals surface area contributed by atoms with Crippen molar-refractivity contribution in [1.29, 1.82) is 0 Å². The van der Waals surface area contributed by atoms with E-state index in [0.717, 1.165) is 21.4 Å². The molecule has 1 atom stereocenters. The van der Waals surface area contributed by atoms with E-state index in [9.17, 15) is 14.4 Å². The van der Waals surface area contributed by atoms with Crippen LogP contribution in [0.15, 0.2) is 68.0 Å². The third-order valence-corrected chi connectivity index (χ3v) is 8.29. The van der Waals surface area contributed by atoms with Gasteiger partial charge in [-0.1, -0.05) is 39.4 Å². The molecule has 0 fully saturated rings. The fourth-order valence-electron chi connectivity index (χ4n) is 4.95. The number of carbonyl (C=O) groups is 2. The second-order valence-corrected chi connectivity index (χ2v) is 11.1. The number of allylic oxidation sites excluding steroid dienone is 1. The highest BCUT2D eigenvalue weighted by Gasteiger charge is 2.37. The number of hydrogen-bond donors (Lipinski definition) is 0. The van der Waals surface area contributed by atoms with Crippen LogP contribution in [-0.4, -0.2) is 43.7 Å². The van der Waals surface area contributed by atoms with E-state index in [1.54, 1.807) is 18.7 Å². The molecule has 3 heterocycles. The number of anilines is 2. The lowest BCUT2D eigenvalue weighted by Crippen LogP contribution is -2.41. The van der Waals surface area contributed by atoms with Crippen LogP contribution in [0.3, 0.4) is 0 Å². The van der Waals surface area contributed by atoms with Gasteiger partial charge >= 0.3 is 5.97 Å². The number of rotatable bonds is 5. The maximum atomic E-state index is 14.2. The van der Waals surface area contributed by atoms with E-state index in [0.29, 0.717) is 38.3 Å². The van der Waals surface area contributed by atoms with Crippen molar-refractivity contribution in [1.82, 2.24) is 4.57 Å². The van der Waals surface area contributed by atoms with E-state index in [1.807, 2.05) is 68.4 Å². The van der Waals surface area contributed by atoms with Crippen molar-refractivity contribution in [3.8, 4) is 0 Å². The van der Waals surface area contributed by atoms with E-state index in [-0.39, 0.29) is 18.1 Å². The third kappa shape index (κ3) is 4.12. The van der Waals surface area contributed by atoms with Crippen LogP contribution < -0.4 is 24.7 Å². The van der Waals surface area contributed by atoms with Gasteiger partial charge in [0.05, 0.1) is 35.2 Å². The number of fused-ring (bicyclic) bond motifs is 2. The van der Waals surface area contributed by atoms with Gasteiger partial charge in [0.1, 0.15) is 4.53 Å². The molecule has 2 aliphatic rings. The Morgan fingerprint density at radius 2 is 1.84 bits per heavy atom. The summed E-state index contributed by atoms with van der Waals surface area (Å²) in [6, 6.07) is 12.6. The largest absolute Gasteiger partial charge is 0.463 e. The lowest BCUT2D eigenvalue weighted by molar-refractivity contribution is -0.139. The second kappa shape index (κ2) is 9.99. The van der Waals surface area contributed by atoms with Crippen LogP contribution in [0.2, 0.25) is 0 Å². The molecule has 0 bridgehead atoms. The van der Waals surface area contributed by atoms with Gasteiger partial charge < -0.3 is 14.5 Å². The first-order valence-electron chi connectivity index (χ1n) is 12.3. The van der Waals surface area contributed by atoms with Gasteiger partial charge in [0.15, 0.2) is 4.80 Å². The van der Waals surface area contributed by atoms with Gasteiger partial charge in [-0.05, 0) is 56.7 Å². The molecule has 10 heteroatoms. The number of halogens is 1. The Hall–Kier alpha value is -3.50. The molecule has 0 saturated carbocycles. The first-order valence-corrected chi connectivity index (χ1v) is 13.9. The molecule has 0 spiro atoms. The van der Waals surface area contributed by atoms with Crippen LogP contribution in [0.25, 0.3) is 5.57 Å². The predicted molar refractivity (Wildman–Crippen MR) is 152 cm³/mol. The average molecular weight is 596 g/mol. The van der Waals surface area contributed by atoms with Gasteiger partial charge in [0, 0.05) is 36.4 Å². The first-order chi connectivity index (χ1) is 18.2. The number of nitrogens with zero attached hydrogens (tertiary/aromatic N) is 4. The molecule has 0 radical (unpaired) electrons. The Labute approximate surface area is 232 Å². The summed E-state index contributed by atoms with van der Waals surface area (Å²) in [6.07, 6.45) is 0. The van der Waals surface area contributed by atoms with E-state index >= 15 is 0 Å². The zero-order valence-electron chi connectivity index (χ0n) is 21.7. The summed E-state index contributed by atoms with van der Waals surface area (Å²) in [7, 11) is 3.89. The maximum absolute atomic E-state index is 14.2. The van der Waals surface area contributed by atoms with Crippen LogP contribution in [0.5, 0.6) is 0 Å². The molecule has 2 aromatic carbocycles. The van der Waals surface area contributed by atoms with Crippen LogP contribution in [-0.2, 0) is 14.3 Å². The molecule has 1 amide bonds. The van der Waals surface area contributed by atoms with Crippen molar-refractivity contribution in [2.24, 2.45) is 4.99 Å². The number of aromatic nitrogens is 1. The van der Waals surface area contributed by atoms with Crippen molar-refractivity contribution < 1.29 is 14.3 Å². The summed E-state index contributed by atoms with van der Waals surface area (Å²) in [5.41, 5.74) is 3.99. The van der Waals surface area contributed by atoms with E-state index in [1.165, 1.54) is 15.9 Å². The van der Waals surface area contributed by atoms with Gasteiger partial charge in [-0.3, -0.25) is 14.2 Å². The zero-order valence-corrected chi connectivity index (χ0v) is 24.1. The highest BCUT2D eigenvalue weighted by Crippen LogP contribution is 2.37. The Bertz CT molecular complexity index is 1680. The lowest BCUT2D eigenvalue weighted by atomic mass is 9.95. The molecule has 2 aliphatic heterocycles. The van der Waals surface area contributed by atoms with Crippen molar-refractivity contribution in [3.63, 3.8) is 0 Å². The summed E-state index contributed by atoms with van der Waals surface area (Å²) in [5, 5.41) is 0. The fourth-order valence-corrected chi connectivity index (χ4v) is 6.45. The van der Waals surface area contributed by atoms with E-state index < -0.39 is 12.0 Å². The summed E-state index contributed by atoms with van der Waals surface area (Å²) in [6.45, 7) is 6.07. The fraction of sp³-hybridized carbons (Fsp3) is 0.286. The van der Waals surface area contributed by atoms with Gasteiger partial charge in [0.25, 0.3) is 11.5 Å². The topological polar surface area (TPSA) is 84.2 Å². The van der Waals surface area contributed by atoms with Crippen molar-refractivity contribution in [2.75, 3.05) is 37.0 Å². The lowest BCUT2D eigenvalue weighted by Gasteiger charge is -2.25. The van der Waals surface area contributed by atoms with Crippen LogP contribution >= 0.6 is 27.3 Å². The predicted octanol–water partition coefficient (Wildman–Crippen LogP) is 3.36. The number of amides is 1. The molecular weight excluding hydrogens is 568 g/mol. The molecular formula is C28H27BrN4O4S. The molecule has 1 aromatic heterocycles. The quantitative estimate of drug-likeness (QED) is 0.423. The molecule has 196 valence electrons. The number of benzene rings is 2. The number of likely N-dealkylation sites (N-methyl/N-ethyl adjacent to an activating group) is 1. The number of carbonyl (C=O) groups excluding carboxylic acids is 2. The standard InChI is InChI=1S/C28H27BrN4O4S/c1-6-32-20-13-10-17(29)14-19(20)22(25(32)34)24-26(35)33-23(16-8-11-18(12-9-16)31(4)5)21(27(36)37-7-2)15(3)30-28(33)38-24/h8-14,23H,6-7H2,1-5H3/b24-22+/t23-/m0/s1. The normalized spacial score (nSPS) is 17.8. The van der Waals surface area contributed by atoms with Crippen molar-refractivity contribution >= 4 is 56.1 Å². The smallest absolute Gasteiger partial charge is 0.338 e. The van der Waals surface area contributed by atoms with Crippen LogP contribution in [0, 0.1) is 0 Å². The Kier molecular flexibility index (Phi) is 6.87. The Morgan fingerprint density at radius 1 is 1.13 bits per heavy atom. The van der Waals surface area contributed by atoms with Gasteiger partial charge in [0.2, 0.25) is 0 Å². The van der Waals surface area contributed by atoms with Gasteiger partial charge in [-0.15, -0.1) is 0 Å². The Balaban J connectivity index is 1.81. The maximum Gasteiger partial charge on any atom is 0.338 e. The van der Waals surface area contributed by atoms with Gasteiger partial charge in [-0.2, -0.15) is 0 Å². The summed E-state index contributed by atoms with van der Waals surface area (Å²) in [4.78, 5) is 49.6. The van der Waals surface area contributed by atoms with Gasteiger partial charge in [-0.25, -0.2) is 9.79 Å². The molecule has 0 N–H and O–H groups in total. The molecule has 3 aromatic rings. The zero-order chi connectivity index (χ0) is 27.3. The number of hydrogen-bond acceptors (Lipinski definition) is 7. The monoisotopic (exact) mass is 594 g/mol. The minimum absolute atomic E-state index is 0.198. The number of thiazole rings is 1.